The molecule has 0 bridgehead atoms. The summed E-state index contributed by atoms with van der Waals surface area (Å²) in [5, 5.41) is 0.671. The van der Waals surface area contributed by atoms with Crippen LogP contribution in [0.15, 0.2) is 71.3 Å². The van der Waals surface area contributed by atoms with Gasteiger partial charge in [0.1, 0.15) is 11.5 Å². The SMILES string of the molecule is CCOc1ccc(C(=O)N(Cc2ccc(Cl)cc2)Cc2ccco2)cc1. The van der Waals surface area contributed by atoms with Gasteiger partial charge in [0.05, 0.1) is 19.4 Å². The average Bonchev–Trinajstić information content (AvgIpc) is 3.16. The molecular formula is C21H20ClNO3. The van der Waals surface area contributed by atoms with Gasteiger partial charge in [-0.1, -0.05) is 23.7 Å². The summed E-state index contributed by atoms with van der Waals surface area (Å²) < 4.78 is 10.9. The molecule has 0 aliphatic heterocycles. The summed E-state index contributed by atoms with van der Waals surface area (Å²) in [4.78, 5) is 14.8. The van der Waals surface area contributed by atoms with Gasteiger partial charge in [-0.2, -0.15) is 0 Å². The van der Waals surface area contributed by atoms with Crippen LogP contribution in [-0.2, 0) is 13.1 Å². The molecule has 134 valence electrons. The van der Waals surface area contributed by atoms with Gasteiger partial charge in [-0.05, 0) is 61.0 Å². The van der Waals surface area contributed by atoms with Crippen molar-refractivity contribution >= 4 is 17.5 Å². The van der Waals surface area contributed by atoms with Crippen LogP contribution in [0.2, 0.25) is 5.02 Å². The molecule has 4 nitrogen and oxygen atoms in total. The maximum Gasteiger partial charge on any atom is 0.254 e. The second-order valence-corrected chi connectivity index (χ2v) is 6.26. The van der Waals surface area contributed by atoms with Crippen molar-refractivity contribution in [1.29, 1.82) is 0 Å². The molecule has 0 saturated carbocycles. The van der Waals surface area contributed by atoms with Gasteiger partial charge >= 0.3 is 0 Å². The highest BCUT2D eigenvalue weighted by Gasteiger charge is 2.18. The molecule has 0 saturated heterocycles. The Hall–Kier alpha value is -2.72. The number of hydrogen-bond donors (Lipinski definition) is 0. The van der Waals surface area contributed by atoms with E-state index in [1.807, 2.05) is 55.5 Å². The third-order valence-electron chi connectivity index (χ3n) is 3.91. The number of ether oxygens (including phenoxy) is 1. The molecule has 3 aromatic rings. The average molecular weight is 370 g/mol. The Morgan fingerprint density at radius 3 is 2.38 bits per heavy atom. The van der Waals surface area contributed by atoms with Crippen LogP contribution in [0.25, 0.3) is 0 Å². The highest BCUT2D eigenvalue weighted by atomic mass is 35.5. The van der Waals surface area contributed by atoms with E-state index in [4.69, 9.17) is 20.8 Å². The molecule has 1 aromatic heterocycles. The normalized spacial score (nSPS) is 10.5. The molecule has 5 heteroatoms. The third-order valence-corrected chi connectivity index (χ3v) is 4.16. The van der Waals surface area contributed by atoms with Crippen LogP contribution < -0.4 is 4.74 Å². The zero-order valence-corrected chi connectivity index (χ0v) is 15.3. The fraction of sp³-hybridized carbons (Fsp3) is 0.190. The number of amides is 1. The number of nitrogens with zero attached hydrogens (tertiary/aromatic N) is 1. The highest BCUT2D eigenvalue weighted by molar-refractivity contribution is 6.30. The van der Waals surface area contributed by atoms with E-state index >= 15 is 0 Å². The molecule has 1 amide bonds. The lowest BCUT2D eigenvalue weighted by Gasteiger charge is -2.22. The van der Waals surface area contributed by atoms with Crippen LogP contribution in [0.4, 0.5) is 0 Å². The first-order valence-corrected chi connectivity index (χ1v) is 8.82. The van der Waals surface area contributed by atoms with Crippen molar-refractivity contribution in [3.05, 3.63) is 88.8 Å². The van der Waals surface area contributed by atoms with E-state index in [0.717, 1.165) is 17.1 Å². The molecule has 0 aliphatic rings. The maximum atomic E-state index is 13.0. The number of benzene rings is 2. The smallest absolute Gasteiger partial charge is 0.254 e. The number of hydrogen-bond acceptors (Lipinski definition) is 3. The Balaban J connectivity index is 1.81. The van der Waals surface area contributed by atoms with Crippen molar-refractivity contribution in [3.63, 3.8) is 0 Å². The Morgan fingerprint density at radius 1 is 1.04 bits per heavy atom. The lowest BCUT2D eigenvalue weighted by Crippen LogP contribution is -2.30. The Bertz CT molecular complexity index is 827. The molecule has 3 rings (SSSR count). The number of carbonyl (C=O) groups excluding carboxylic acids is 1. The lowest BCUT2D eigenvalue weighted by molar-refractivity contribution is 0.0717. The Labute approximate surface area is 158 Å². The van der Waals surface area contributed by atoms with Crippen molar-refractivity contribution in [2.75, 3.05) is 6.61 Å². The van der Waals surface area contributed by atoms with Crippen molar-refractivity contribution in [2.24, 2.45) is 0 Å². The van der Waals surface area contributed by atoms with Gasteiger partial charge < -0.3 is 14.1 Å². The quantitative estimate of drug-likeness (QED) is 0.576. The van der Waals surface area contributed by atoms with E-state index in [2.05, 4.69) is 0 Å². The minimum Gasteiger partial charge on any atom is -0.494 e. The first-order valence-electron chi connectivity index (χ1n) is 8.44. The third kappa shape index (κ3) is 4.67. The van der Waals surface area contributed by atoms with Crippen LogP contribution in [0.1, 0.15) is 28.6 Å². The topological polar surface area (TPSA) is 42.7 Å². The molecule has 2 aromatic carbocycles. The number of furan rings is 1. The standard InChI is InChI=1S/C21H20ClNO3/c1-2-25-19-11-7-17(8-12-19)21(24)23(15-20-4-3-13-26-20)14-16-5-9-18(22)10-6-16/h3-13H,2,14-15H2,1H3. The number of carbonyl (C=O) groups is 1. The zero-order chi connectivity index (χ0) is 18.4. The van der Waals surface area contributed by atoms with E-state index in [1.54, 1.807) is 23.3 Å². The van der Waals surface area contributed by atoms with Crippen molar-refractivity contribution in [2.45, 2.75) is 20.0 Å². The highest BCUT2D eigenvalue weighted by Crippen LogP contribution is 2.18. The van der Waals surface area contributed by atoms with Crippen LogP contribution >= 0.6 is 11.6 Å². The fourth-order valence-electron chi connectivity index (χ4n) is 2.64. The minimum absolute atomic E-state index is 0.0700. The molecule has 0 unspecified atom stereocenters. The van der Waals surface area contributed by atoms with E-state index in [-0.39, 0.29) is 5.91 Å². The van der Waals surface area contributed by atoms with Crippen LogP contribution in [0, 0.1) is 0 Å². The second kappa shape index (κ2) is 8.59. The molecule has 26 heavy (non-hydrogen) atoms. The first-order chi connectivity index (χ1) is 12.7. The molecule has 1 heterocycles. The number of rotatable bonds is 7. The minimum atomic E-state index is -0.0700. The monoisotopic (exact) mass is 369 g/mol. The van der Waals surface area contributed by atoms with Gasteiger partial charge in [-0.25, -0.2) is 0 Å². The van der Waals surface area contributed by atoms with Crippen molar-refractivity contribution in [1.82, 2.24) is 4.90 Å². The summed E-state index contributed by atoms with van der Waals surface area (Å²) >= 11 is 5.95. The van der Waals surface area contributed by atoms with Gasteiger partial charge in [0.25, 0.3) is 5.91 Å². The molecule has 0 radical (unpaired) electrons. The van der Waals surface area contributed by atoms with Gasteiger partial charge in [-0.3, -0.25) is 4.79 Å². The van der Waals surface area contributed by atoms with Crippen LogP contribution in [0.3, 0.4) is 0 Å². The summed E-state index contributed by atoms with van der Waals surface area (Å²) in [5.74, 6) is 1.41. The number of halogens is 1. The summed E-state index contributed by atoms with van der Waals surface area (Å²) in [7, 11) is 0. The van der Waals surface area contributed by atoms with Gasteiger partial charge in [0.15, 0.2) is 0 Å². The fourth-order valence-corrected chi connectivity index (χ4v) is 2.77. The summed E-state index contributed by atoms with van der Waals surface area (Å²) in [5.41, 5.74) is 1.61. The van der Waals surface area contributed by atoms with E-state index in [0.29, 0.717) is 30.3 Å². The van der Waals surface area contributed by atoms with Crippen LogP contribution in [0.5, 0.6) is 5.75 Å². The van der Waals surface area contributed by atoms with Gasteiger partial charge in [0.2, 0.25) is 0 Å². The van der Waals surface area contributed by atoms with E-state index in [1.165, 1.54) is 0 Å². The predicted molar refractivity (Wildman–Crippen MR) is 101 cm³/mol. The van der Waals surface area contributed by atoms with Gasteiger partial charge in [-0.15, -0.1) is 0 Å². The van der Waals surface area contributed by atoms with E-state index in [9.17, 15) is 4.79 Å². The van der Waals surface area contributed by atoms with Crippen molar-refractivity contribution in [3.8, 4) is 5.75 Å². The summed E-state index contributed by atoms with van der Waals surface area (Å²) in [6.07, 6.45) is 1.61. The molecule has 0 atom stereocenters. The summed E-state index contributed by atoms with van der Waals surface area (Å²) in [6.45, 7) is 3.37. The second-order valence-electron chi connectivity index (χ2n) is 5.82. The lowest BCUT2D eigenvalue weighted by atomic mass is 10.1. The molecule has 0 fully saturated rings. The van der Waals surface area contributed by atoms with Crippen molar-refractivity contribution < 1.29 is 13.9 Å². The molecular weight excluding hydrogens is 350 g/mol. The molecule has 0 N–H and O–H groups in total. The Kier molecular flexibility index (Phi) is 5.97. The Morgan fingerprint density at radius 2 is 1.77 bits per heavy atom. The largest absolute Gasteiger partial charge is 0.494 e. The predicted octanol–water partition coefficient (Wildman–Crippen LogP) is 5.17. The molecule has 0 spiro atoms. The van der Waals surface area contributed by atoms with E-state index < -0.39 is 0 Å². The van der Waals surface area contributed by atoms with Gasteiger partial charge in [0, 0.05) is 17.1 Å². The van der Waals surface area contributed by atoms with Crippen LogP contribution in [-0.4, -0.2) is 17.4 Å². The zero-order valence-electron chi connectivity index (χ0n) is 14.5. The molecule has 0 aliphatic carbocycles. The first kappa shape index (κ1) is 18.1. The maximum absolute atomic E-state index is 13.0. The summed E-state index contributed by atoms with van der Waals surface area (Å²) in [6, 6.07) is 18.3.